The van der Waals surface area contributed by atoms with Gasteiger partial charge in [-0.25, -0.2) is 4.68 Å². The van der Waals surface area contributed by atoms with Gasteiger partial charge >= 0.3 is 0 Å². The maximum atomic E-state index is 9.89. The van der Waals surface area contributed by atoms with Crippen molar-refractivity contribution >= 4 is 0 Å². The molecule has 1 saturated carbocycles. The topological polar surface area (TPSA) is 67.1 Å². The highest BCUT2D eigenvalue weighted by atomic mass is 16.3. The second-order valence-electron chi connectivity index (χ2n) is 6.61. The molecule has 1 N–H and O–H groups in total. The van der Waals surface area contributed by atoms with Crippen LogP contribution in [0.4, 0.5) is 0 Å². The fraction of sp³-hybridized carbons (Fsp3) is 0.588. The third kappa shape index (κ3) is 3.95. The molecule has 1 unspecified atom stereocenters. The Balaban J connectivity index is 1.80. The van der Waals surface area contributed by atoms with E-state index in [4.69, 9.17) is 0 Å². The molecule has 1 aliphatic rings. The number of hydrogen-bond acceptors (Lipinski definition) is 5. The third-order valence-electron chi connectivity index (χ3n) is 4.45. The van der Waals surface area contributed by atoms with Crippen molar-refractivity contribution in [2.24, 2.45) is 5.92 Å². The molecule has 3 rings (SSSR count). The standard InChI is InChI=1S/C17H25N5O/c1-13(2)22-17(18-19-20-22)11-21(16(12-23)15-8-9-15)10-14-6-4-3-5-7-14/h3-7,13,15-16,23H,8-12H2,1-2H3. The molecule has 23 heavy (non-hydrogen) atoms. The van der Waals surface area contributed by atoms with Crippen molar-refractivity contribution in [1.29, 1.82) is 0 Å². The molecule has 0 amide bonds. The molecule has 0 spiro atoms. The molecular weight excluding hydrogens is 290 g/mol. The average molecular weight is 315 g/mol. The summed E-state index contributed by atoms with van der Waals surface area (Å²) in [5.41, 5.74) is 1.25. The second kappa shape index (κ2) is 7.19. The first-order chi connectivity index (χ1) is 11.2. The highest BCUT2D eigenvalue weighted by Crippen LogP contribution is 2.36. The summed E-state index contributed by atoms with van der Waals surface area (Å²) in [5.74, 6) is 1.45. The number of rotatable bonds is 8. The Morgan fingerprint density at radius 2 is 1.96 bits per heavy atom. The predicted molar refractivity (Wildman–Crippen MR) is 87.5 cm³/mol. The first-order valence-electron chi connectivity index (χ1n) is 8.34. The SMILES string of the molecule is CC(C)n1nnnc1CN(Cc1ccccc1)C(CO)C1CC1. The lowest BCUT2D eigenvalue weighted by molar-refractivity contribution is 0.0904. The van der Waals surface area contributed by atoms with Crippen molar-refractivity contribution in [3.05, 3.63) is 41.7 Å². The van der Waals surface area contributed by atoms with Gasteiger partial charge in [-0.05, 0) is 48.6 Å². The lowest BCUT2D eigenvalue weighted by Crippen LogP contribution is -2.39. The average Bonchev–Trinajstić information content (AvgIpc) is 3.26. The maximum absolute atomic E-state index is 9.89. The molecule has 2 aromatic rings. The summed E-state index contributed by atoms with van der Waals surface area (Å²) in [4.78, 5) is 2.32. The van der Waals surface area contributed by atoms with Gasteiger partial charge in [0.05, 0.1) is 19.2 Å². The van der Waals surface area contributed by atoms with Crippen molar-refractivity contribution in [2.45, 2.75) is 51.9 Å². The maximum Gasteiger partial charge on any atom is 0.165 e. The number of aliphatic hydroxyl groups excluding tert-OH is 1. The van der Waals surface area contributed by atoms with Crippen LogP contribution in [0.5, 0.6) is 0 Å². The van der Waals surface area contributed by atoms with Gasteiger partial charge in [0.1, 0.15) is 0 Å². The molecular formula is C17H25N5O. The van der Waals surface area contributed by atoms with Gasteiger partial charge in [-0.15, -0.1) is 5.10 Å². The van der Waals surface area contributed by atoms with E-state index in [1.54, 1.807) is 0 Å². The van der Waals surface area contributed by atoms with Crippen LogP contribution in [0.15, 0.2) is 30.3 Å². The van der Waals surface area contributed by atoms with Crippen LogP contribution in [0.3, 0.4) is 0 Å². The van der Waals surface area contributed by atoms with Crippen LogP contribution in [-0.2, 0) is 13.1 Å². The van der Waals surface area contributed by atoms with E-state index >= 15 is 0 Å². The van der Waals surface area contributed by atoms with E-state index in [9.17, 15) is 5.11 Å². The largest absolute Gasteiger partial charge is 0.395 e. The summed E-state index contributed by atoms with van der Waals surface area (Å²) in [7, 11) is 0. The quantitative estimate of drug-likeness (QED) is 0.807. The van der Waals surface area contributed by atoms with Crippen LogP contribution >= 0.6 is 0 Å². The molecule has 1 atom stereocenters. The molecule has 124 valence electrons. The predicted octanol–water partition coefficient (Wildman–Crippen LogP) is 2.03. The Bertz CT molecular complexity index is 608. The van der Waals surface area contributed by atoms with Crippen LogP contribution < -0.4 is 0 Å². The summed E-state index contributed by atoms with van der Waals surface area (Å²) < 4.78 is 1.86. The fourth-order valence-electron chi connectivity index (χ4n) is 3.05. The first-order valence-corrected chi connectivity index (χ1v) is 8.34. The molecule has 6 heteroatoms. The lowest BCUT2D eigenvalue weighted by atomic mass is 10.1. The van der Waals surface area contributed by atoms with E-state index in [0.717, 1.165) is 12.4 Å². The van der Waals surface area contributed by atoms with Gasteiger partial charge in [-0.2, -0.15) is 0 Å². The van der Waals surface area contributed by atoms with Gasteiger partial charge in [0.2, 0.25) is 0 Å². The molecule has 6 nitrogen and oxygen atoms in total. The minimum atomic E-state index is 0.174. The van der Waals surface area contributed by atoms with E-state index in [1.807, 2.05) is 10.7 Å². The van der Waals surface area contributed by atoms with E-state index in [-0.39, 0.29) is 18.7 Å². The van der Waals surface area contributed by atoms with Gasteiger partial charge in [0, 0.05) is 12.6 Å². The summed E-state index contributed by atoms with van der Waals surface area (Å²) in [6.45, 7) is 5.79. The molecule has 0 aliphatic heterocycles. The van der Waals surface area contributed by atoms with Gasteiger partial charge < -0.3 is 5.11 Å². The van der Waals surface area contributed by atoms with E-state index < -0.39 is 0 Å². The Morgan fingerprint density at radius 1 is 1.22 bits per heavy atom. The minimum Gasteiger partial charge on any atom is -0.395 e. The van der Waals surface area contributed by atoms with Crippen LogP contribution in [0.25, 0.3) is 0 Å². The van der Waals surface area contributed by atoms with Gasteiger partial charge in [0.25, 0.3) is 0 Å². The van der Waals surface area contributed by atoms with Gasteiger partial charge in [-0.3, -0.25) is 4.90 Å². The van der Waals surface area contributed by atoms with E-state index in [2.05, 4.69) is 58.5 Å². The monoisotopic (exact) mass is 315 g/mol. The molecule has 1 aromatic carbocycles. The molecule has 0 radical (unpaired) electrons. The molecule has 1 heterocycles. The van der Waals surface area contributed by atoms with Crippen LogP contribution in [0, 0.1) is 5.92 Å². The van der Waals surface area contributed by atoms with E-state index in [0.29, 0.717) is 12.5 Å². The summed E-state index contributed by atoms with van der Waals surface area (Å²) >= 11 is 0. The molecule has 0 bridgehead atoms. The zero-order valence-corrected chi connectivity index (χ0v) is 13.8. The zero-order chi connectivity index (χ0) is 16.2. The highest BCUT2D eigenvalue weighted by Gasteiger charge is 2.35. The number of tetrazole rings is 1. The van der Waals surface area contributed by atoms with Gasteiger partial charge in [0.15, 0.2) is 5.82 Å². The minimum absolute atomic E-state index is 0.174. The molecule has 1 aliphatic carbocycles. The van der Waals surface area contributed by atoms with Crippen molar-refractivity contribution in [1.82, 2.24) is 25.1 Å². The lowest BCUT2D eigenvalue weighted by Gasteiger charge is -2.30. The Morgan fingerprint density at radius 3 is 2.57 bits per heavy atom. The number of aromatic nitrogens is 4. The second-order valence-corrected chi connectivity index (χ2v) is 6.61. The van der Waals surface area contributed by atoms with Crippen molar-refractivity contribution in [3.8, 4) is 0 Å². The summed E-state index contributed by atoms with van der Waals surface area (Å²) in [6.07, 6.45) is 2.40. The highest BCUT2D eigenvalue weighted by molar-refractivity contribution is 5.15. The number of nitrogens with zero attached hydrogens (tertiary/aromatic N) is 5. The first kappa shape index (κ1) is 16.1. The Labute approximate surface area is 137 Å². The van der Waals surface area contributed by atoms with Crippen molar-refractivity contribution < 1.29 is 5.11 Å². The number of hydrogen-bond donors (Lipinski definition) is 1. The summed E-state index contributed by atoms with van der Waals surface area (Å²) in [6, 6.07) is 10.8. The summed E-state index contributed by atoms with van der Waals surface area (Å²) in [5, 5.41) is 22.0. The van der Waals surface area contributed by atoms with E-state index in [1.165, 1.54) is 18.4 Å². The normalized spacial score (nSPS) is 16.2. The van der Waals surface area contributed by atoms with Gasteiger partial charge in [-0.1, -0.05) is 30.3 Å². The van der Waals surface area contributed by atoms with Crippen molar-refractivity contribution in [3.63, 3.8) is 0 Å². The fourth-order valence-corrected chi connectivity index (χ4v) is 3.05. The van der Waals surface area contributed by atoms with Crippen LogP contribution in [0.2, 0.25) is 0 Å². The smallest absolute Gasteiger partial charge is 0.165 e. The molecule has 1 aromatic heterocycles. The zero-order valence-electron chi connectivity index (χ0n) is 13.8. The van der Waals surface area contributed by atoms with Crippen LogP contribution in [-0.4, -0.2) is 42.9 Å². The van der Waals surface area contributed by atoms with Crippen LogP contribution in [0.1, 0.15) is 44.1 Å². The molecule has 0 saturated heterocycles. The van der Waals surface area contributed by atoms with Crippen molar-refractivity contribution in [2.75, 3.05) is 6.61 Å². The number of benzene rings is 1. The Hall–Kier alpha value is -1.79. The third-order valence-corrected chi connectivity index (χ3v) is 4.45. The molecule has 1 fully saturated rings. The number of aliphatic hydroxyl groups is 1. The Kier molecular flexibility index (Phi) is 5.03.